The van der Waals surface area contributed by atoms with Gasteiger partial charge in [0.15, 0.2) is 0 Å². The van der Waals surface area contributed by atoms with Crippen molar-refractivity contribution in [2.24, 2.45) is 0 Å². The lowest BCUT2D eigenvalue weighted by atomic mass is 10.1. The molecule has 4 nitrogen and oxygen atoms in total. The van der Waals surface area contributed by atoms with Crippen LogP contribution in [0.2, 0.25) is 0 Å². The Morgan fingerprint density at radius 2 is 1.88 bits per heavy atom. The summed E-state index contributed by atoms with van der Waals surface area (Å²) in [7, 11) is 0. The summed E-state index contributed by atoms with van der Waals surface area (Å²) < 4.78 is 1.12. The molecule has 4 rings (SSSR count). The van der Waals surface area contributed by atoms with Gasteiger partial charge in [-0.05, 0) is 23.8 Å². The molecule has 1 aromatic heterocycles. The Kier molecular flexibility index (Phi) is 5.09. The van der Waals surface area contributed by atoms with Crippen molar-refractivity contribution in [1.82, 2.24) is 14.8 Å². The summed E-state index contributed by atoms with van der Waals surface area (Å²) in [4.78, 5) is 21.4. The molecule has 0 aliphatic carbocycles. The average molecular weight is 363 g/mol. The molecule has 0 saturated carbocycles. The lowest BCUT2D eigenvalue weighted by Gasteiger charge is -2.34. The van der Waals surface area contributed by atoms with E-state index >= 15 is 0 Å². The molecule has 26 heavy (non-hydrogen) atoms. The maximum Gasteiger partial charge on any atom is 0.254 e. The Bertz CT molecular complexity index is 911. The van der Waals surface area contributed by atoms with E-state index in [1.807, 2.05) is 46.8 Å². The standard InChI is InChI=1S/C21H21N3OS/c25-21(18-8-9-20-19(15-18)22-16-26-20)24-13-11-23(12-14-24)10-4-7-17-5-2-1-3-6-17/h1-9,15-16H,10-14H2/b7-4+. The number of amides is 1. The Balaban J connectivity index is 1.31. The molecular weight excluding hydrogens is 342 g/mol. The van der Waals surface area contributed by atoms with Gasteiger partial charge in [0.1, 0.15) is 0 Å². The van der Waals surface area contributed by atoms with Crippen LogP contribution in [0.1, 0.15) is 15.9 Å². The van der Waals surface area contributed by atoms with Crippen molar-refractivity contribution < 1.29 is 4.79 Å². The van der Waals surface area contributed by atoms with E-state index in [0.717, 1.165) is 48.5 Å². The summed E-state index contributed by atoms with van der Waals surface area (Å²) in [6.07, 6.45) is 4.35. The van der Waals surface area contributed by atoms with E-state index in [-0.39, 0.29) is 5.91 Å². The number of piperazine rings is 1. The maximum absolute atomic E-state index is 12.7. The van der Waals surface area contributed by atoms with Crippen LogP contribution in [-0.2, 0) is 0 Å². The summed E-state index contributed by atoms with van der Waals surface area (Å²) in [5.41, 5.74) is 4.69. The summed E-state index contributed by atoms with van der Waals surface area (Å²) in [6.45, 7) is 4.27. The van der Waals surface area contributed by atoms with Gasteiger partial charge in [-0.15, -0.1) is 11.3 Å². The molecular formula is C21H21N3OS. The molecule has 0 radical (unpaired) electrons. The number of fused-ring (bicyclic) bond motifs is 1. The number of thiazole rings is 1. The number of benzene rings is 2. The Morgan fingerprint density at radius 3 is 2.69 bits per heavy atom. The highest BCUT2D eigenvalue weighted by Crippen LogP contribution is 2.20. The topological polar surface area (TPSA) is 36.4 Å². The second-order valence-corrected chi connectivity index (χ2v) is 7.33. The zero-order valence-corrected chi connectivity index (χ0v) is 15.4. The minimum Gasteiger partial charge on any atom is -0.336 e. The van der Waals surface area contributed by atoms with Crippen molar-refractivity contribution in [2.45, 2.75) is 0 Å². The van der Waals surface area contributed by atoms with E-state index in [4.69, 9.17) is 0 Å². The molecule has 1 saturated heterocycles. The van der Waals surface area contributed by atoms with Gasteiger partial charge in [0, 0.05) is 38.3 Å². The van der Waals surface area contributed by atoms with E-state index in [2.05, 4.69) is 34.2 Å². The van der Waals surface area contributed by atoms with Crippen LogP contribution in [0, 0.1) is 0 Å². The highest BCUT2D eigenvalue weighted by atomic mass is 32.1. The van der Waals surface area contributed by atoms with Crippen LogP contribution in [0.3, 0.4) is 0 Å². The van der Waals surface area contributed by atoms with Crippen molar-refractivity contribution in [2.75, 3.05) is 32.7 Å². The van der Waals surface area contributed by atoms with Crippen molar-refractivity contribution in [3.8, 4) is 0 Å². The molecule has 132 valence electrons. The van der Waals surface area contributed by atoms with Gasteiger partial charge in [0.25, 0.3) is 5.91 Å². The SMILES string of the molecule is O=C(c1ccc2scnc2c1)N1CCN(C/C=C/c2ccccc2)CC1. The zero-order chi connectivity index (χ0) is 17.8. The summed E-state index contributed by atoms with van der Waals surface area (Å²) in [5, 5.41) is 0. The fraction of sp³-hybridized carbons (Fsp3) is 0.238. The highest BCUT2D eigenvalue weighted by molar-refractivity contribution is 7.16. The van der Waals surface area contributed by atoms with Crippen LogP contribution >= 0.6 is 11.3 Å². The van der Waals surface area contributed by atoms with Gasteiger partial charge < -0.3 is 4.90 Å². The molecule has 0 N–H and O–H groups in total. The minimum atomic E-state index is 0.111. The number of nitrogens with zero attached hydrogens (tertiary/aromatic N) is 3. The van der Waals surface area contributed by atoms with Crippen molar-refractivity contribution in [3.63, 3.8) is 0 Å². The van der Waals surface area contributed by atoms with Crippen molar-refractivity contribution >= 4 is 33.5 Å². The summed E-state index contributed by atoms with van der Waals surface area (Å²) in [5.74, 6) is 0.111. The van der Waals surface area contributed by atoms with E-state index < -0.39 is 0 Å². The third-order valence-electron chi connectivity index (χ3n) is 4.71. The van der Waals surface area contributed by atoms with Gasteiger partial charge in [0.2, 0.25) is 0 Å². The minimum absolute atomic E-state index is 0.111. The molecule has 0 atom stereocenters. The van der Waals surface area contributed by atoms with Crippen LogP contribution in [0.25, 0.3) is 16.3 Å². The van der Waals surface area contributed by atoms with E-state index in [1.165, 1.54) is 5.56 Å². The molecule has 0 unspecified atom stereocenters. The van der Waals surface area contributed by atoms with Crippen LogP contribution in [-0.4, -0.2) is 53.4 Å². The van der Waals surface area contributed by atoms with Crippen molar-refractivity contribution in [3.05, 3.63) is 71.2 Å². The summed E-state index contributed by atoms with van der Waals surface area (Å²) >= 11 is 1.60. The molecule has 0 bridgehead atoms. The first-order chi connectivity index (χ1) is 12.8. The van der Waals surface area contributed by atoms with E-state index in [0.29, 0.717) is 0 Å². The van der Waals surface area contributed by atoms with E-state index in [1.54, 1.807) is 11.3 Å². The van der Waals surface area contributed by atoms with Gasteiger partial charge in [-0.25, -0.2) is 4.98 Å². The average Bonchev–Trinajstić information content (AvgIpc) is 3.17. The third kappa shape index (κ3) is 3.84. The molecule has 1 aliphatic rings. The van der Waals surface area contributed by atoms with Crippen LogP contribution in [0.5, 0.6) is 0 Å². The second-order valence-electron chi connectivity index (χ2n) is 6.44. The lowest BCUT2D eigenvalue weighted by Crippen LogP contribution is -2.48. The highest BCUT2D eigenvalue weighted by Gasteiger charge is 2.21. The smallest absolute Gasteiger partial charge is 0.254 e. The number of carbonyl (C=O) groups excluding carboxylic acids is 1. The number of carbonyl (C=O) groups is 1. The predicted molar refractivity (Wildman–Crippen MR) is 107 cm³/mol. The van der Waals surface area contributed by atoms with Gasteiger partial charge >= 0.3 is 0 Å². The molecule has 1 aliphatic heterocycles. The zero-order valence-electron chi connectivity index (χ0n) is 14.5. The molecule has 1 amide bonds. The number of rotatable bonds is 4. The van der Waals surface area contributed by atoms with Crippen molar-refractivity contribution in [1.29, 1.82) is 0 Å². The Labute approximate surface area is 157 Å². The van der Waals surface area contributed by atoms with Crippen LogP contribution in [0.15, 0.2) is 60.1 Å². The predicted octanol–water partition coefficient (Wildman–Crippen LogP) is 3.77. The molecule has 1 fully saturated rings. The number of hydrogen-bond donors (Lipinski definition) is 0. The number of aromatic nitrogens is 1. The fourth-order valence-electron chi connectivity index (χ4n) is 3.21. The Morgan fingerprint density at radius 1 is 1.08 bits per heavy atom. The van der Waals surface area contributed by atoms with Gasteiger partial charge in [-0.3, -0.25) is 9.69 Å². The van der Waals surface area contributed by atoms with Crippen LogP contribution < -0.4 is 0 Å². The first kappa shape index (κ1) is 16.9. The first-order valence-electron chi connectivity index (χ1n) is 8.86. The van der Waals surface area contributed by atoms with Gasteiger partial charge in [0.05, 0.1) is 15.7 Å². The molecule has 3 aromatic rings. The summed E-state index contributed by atoms with van der Waals surface area (Å²) in [6, 6.07) is 16.1. The molecule has 2 aromatic carbocycles. The van der Waals surface area contributed by atoms with Gasteiger partial charge in [-0.2, -0.15) is 0 Å². The quantitative estimate of drug-likeness (QED) is 0.708. The molecule has 5 heteroatoms. The maximum atomic E-state index is 12.7. The second kappa shape index (κ2) is 7.81. The Hall–Kier alpha value is -2.50. The molecule has 2 heterocycles. The fourth-order valence-corrected chi connectivity index (χ4v) is 3.87. The molecule has 0 spiro atoms. The normalized spacial score (nSPS) is 15.8. The van der Waals surface area contributed by atoms with Crippen LogP contribution in [0.4, 0.5) is 0 Å². The largest absolute Gasteiger partial charge is 0.336 e. The third-order valence-corrected chi connectivity index (χ3v) is 5.52. The van der Waals surface area contributed by atoms with E-state index in [9.17, 15) is 4.79 Å². The monoisotopic (exact) mass is 363 g/mol. The van der Waals surface area contributed by atoms with Gasteiger partial charge in [-0.1, -0.05) is 42.5 Å². The lowest BCUT2D eigenvalue weighted by molar-refractivity contribution is 0.0650. The first-order valence-corrected chi connectivity index (χ1v) is 9.74. The number of hydrogen-bond acceptors (Lipinski definition) is 4.